The topological polar surface area (TPSA) is 97.7 Å². The van der Waals surface area contributed by atoms with E-state index in [0.717, 1.165) is 0 Å². The molecule has 1 amide bonds. The van der Waals surface area contributed by atoms with Gasteiger partial charge >= 0.3 is 5.97 Å². The van der Waals surface area contributed by atoms with Gasteiger partial charge in [-0.05, 0) is 64.6 Å². The number of methoxy groups -OCH3 is 2. The van der Waals surface area contributed by atoms with Gasteiger partial charge in [-0.25, -0.2) is 4.79 Å². The highest BCUT2D eigenvalue weighted by atomic mass is 127. The molecule has 0 saturated heterocycles. The second-order valence-electron chi connectivity index (χ2n) is 5.65. The predicted molar refractivity (Wildman–Crippen MR) is 122 cm³/mol. The second-order valence-corrected chi connectivity index (χ2v) is 7.63. The minimum atomic E-state index is -0.615. The fraction of sp³-hybridized carbons (Fsp3) is 0.150. The first-order chi connectivity index (χ1) is 14.3. The van der Waals surface area contributed by atoms with Crippen LogP contribution in [0.15, 0.2) is 35.9 Å². The average molecular weight is 561 g/mol. The highest BCUT2D eigenvalue weighted by molar-refractivity contribution is 14.1. The number of esters is 1. The molecule has 0 spiro atoms. The maximum atomic E-state index is 12.5. The molecule has 0 bridgehead atoms. The number of halogens is 3. The number of anilines is 1. The number of rotatable bonds is 7. The van der Waals surface area contributed by atoms with Crippen molar-refractivity contribution in [1.82, 2.24) is 0 Å². The minimum Gasteiger partial charge on any atom is -0.493 e. The number of carbonyl (C=O) groups excluding carboxylic acids is 2. The van der Waals surface area contributed by atoms with E-state index in [9.17, 15) is 14.9 Å². The first-order valence-electron chi connectivity index (χ1n) is 8.24. The van der Waals surface area contributed by atoms with Gasteiger partial charge in [0.15, 0.2) is 18.1 Å². The quantitative estimate of drug-likeness (QED) is 0.228. The third kappa shape index (κ3) is 6.26. The summed E-state index contributed by atoms with van der Waals surface area (Å²) >= 11 is 13.8. The van der Waals surface area contributed by atoms with Crippen LogP contribution in [-0.4, -0.2) is 32.7 Å². The molecule has 1 N–H and O–H groups in total. The Kier molecular flexibility index (Phi) is 8.77. The van der Waals surface area contributed by atoms with Crippen LogP contribution < -0.4 is 14.8 Å². The maximum absolute atomic E-state index is 12.5. The van der Waals surface area contributed by atoms with Crippen LogP contribution in [0.4, 0.5) is 5.69 Å². The van der Waals surface area contributed by atoms with E-state index in [4.69, 9.17) is 32.7 Å². The highest BCUT2D eigenvalue weighted by Crippen LogP contribution is 2.34. The van der Waals surface area contributed by atoms with Crippen LogP contribution in [0.3, 0.4) is 0 Å². The van der Waals surface area contributed by atoms with Gasteiger partial charge in [0.2, 0.25) is 0 Å². The first kappa shape index (κ1) is 23.8. The summed E-state index contributed by atoms with van der Waals surface area (Å²) in [6, 6.07) is 9.72. The molecule has 7 nitrogen and oxygen atoms in total. The van der Waals surface area contributed by atoms with Gasteiger partial charge in [-0.15, -0.1) is 0 Å². The van der Waals surface area contributed by atoms with Crippen molar-refractivity contribution >= 4 is 69.4 Å². The lowest BCUT2D eigenvalue weighted by Crippen LogP contribution is -2.14. The Morgan fingerprint density at radius 3 is 2.53 bits per heavy atom. The summed E-state index contributed by atoms with van der Waals surface area (Å²) in [6.45, 7) is -0.284. The molecule has 0 fully saturated rings. The van der Waals surface area contributed by atoms with E-state index in [1.807, 2.05) is 28.7 Å². The van der Waals surface area contributed by atoms with Crippen molar-refractivity contribution in [1.29, 1.82) is 5.26 Å². The molecule has 0 radical (unpaired) electrons. The van der Waals surface area contributed by atoms with Crippen molar-refractivity contribution in [3.05, 3.63) is 55.1 Å². The van der Waals surface area contributed by atoms with Gasteiger partial charge in [0.25, 0.3) is 5.91 Å². The lowest BCUT2D eigenvalue weighted by Gasteiger charge is -2.13. The number of carbonyl (C=O) groups is 2. The normalized spacial score (nSPS) is 10.7. The van der Waals surface area contributed by atoms with E-state index >= 15 is 0 Å². The van der Waals surface area contributed by atoms with Crippen molar-refractivity contribution in [2.45, 2.75) is 0 Å². The summed E-state index contributed by atoms with van der Waals surface area (Å²) in [5.74, 6) is -0.475. The van der Waals surface area contributed by atoms with Crippen molar-refractivity contribution in [3.8, 4) is 17.6 Å². The van der Waals surface area contributed by atoms with E-state index < -0.39 is 11.9 Å². The molecular weight excluding hydrogens is 546 g/mol. The Balaban J connectivity index is 2.28. The zero-order valence-electron chi connectivity index (χ0n) is 15.8. The van der Waals surface area contributed by atoms with Crippen LogP contribution in [0, 0.1) is 14.9 Å². The predicted octanol–water partition coefficient (Wildman–Crippen LogP) is 4.70. The van der Waals surface area contributed by atoms with Gasteiger partial charge in [0.05, 0.1) is 27.8 Å². The summed E-state index contributed by atoms with van der Waals surface area (Å²) < 4.78 is 15.9. The highest BCUT2D eigenvalue weighted by Gasteiger charge is 2.15. The van der Waals surface area contributed by atoms with E-state index in [-0.39, 0.29) is 17.2 Å². The summed E-state index contributed by atoms with van der Waals surface area (Å²) in [7, 11) is 2.69. The standard InChI is InChI=1S/C20H15Cl2IN2O5/c1-28-17-7-11(6-16(23)19(17)30-10-18(26)29-2)5-12(9-24)20(27)25-13-3-4-14(21)15(22)8-13/h3-8H,10H2,1-2H3,(H,25,27)/b12-5+. The van der Waals surface area contributed by atoms with E-state index in [1.165, 1.54) is 32.4 Å². The van der Waals surface area contributed by atoms with Gasteiger partial charge in [-0.3, -0.25) is 4.79 Å². The third-order valence-corrected chi connectivity index (χ3v) is 5.21. The molecule has 0 unspecified atom stereocenters. The first-order valence-corrected chi connectivity index (χ1v) is 10.1. The number of nitriles is 1. The summed E-state index contributed by atoms with van der Waals surface area (Å²) in [5.41, 5.74) is 0.791. The summed E-state index contributed by atoms with van der Waals surface area (Å²) in [6.07, 6.45) is 1.40. The number of nitrogens with one attached hydrogen (secondary N) is 1. The monoisotopic (exact) mass is 560 g/mol. The molecule has 2 aromatic carbocycles. The number of amides is 1. The number of ether oxygens (including phenoxy) is 3. The minimum absolute atomic E-state index is 0.137. The maximum Gasteiger partial charge on any atom is 0.343 e. The summed E-state index contributed by atoms with van der Waals surface area (Å²) in [4.78, 5) is 23.8. The molecule has 10 heteroatoms. The zero-order valence-corrected chi connectivity index (χ0v) is 19.5. The van der Waals surface area contributed by atoms with Gasteiger partial charge in [-0.2, -0.15) is 5.26 Å². The van der Waals surface area contributed by atoms with Crippen LogP contribution in [-0.2, 0) is 14.3 Å². The molecule has 0 aliphatic carbocycles. The van der Waals surface area contributed by atoms with Gasteiger partial charge in [-0.1, -0.05) is 23.2 Å². The molecule has 0 aliphatic rings. The molecule has 0 saturated carbocycles. The number of benzene rings is 2. The average Bonchev–Trinajstić information content (AvgIpc) is 2.72. The Bertz CT molecular complexity index is 1050. The molecule has 0 heterocycles. The molecular formula is C20H15Cl2IN2O5. The Morgan fingerprint density at radius 1 is 1.20 bits per heavy atom. The lowest BCUT2D eigenvalue weighted by atomic mass is 10.1. The van der Waals surface area contributed by atoms with Gasteiger partial charge < -0.3 is 19.5 Å². The van der Waals surface area contributed by atoms with E-state index in [1.54, 1.807) is 18.2 Å². The zero-order chi connectivity index (χ0) is 22.3. The van der Waals surface area contributed by atoms with Crippen LogP contribution in [0.25, 0.3) is 6.08 Å². The fourth-order valence-corrected chi connectivity index (χ4v) is 3.32. The molecule has 0 atom stereocenters. The third-order valence-electron chi connectivity index (χ3n) is 3.67. The Labute approximate surface area is 196 Å². The Morgan fingerprint density at radius 2 is 1.93 bits per heavy atom. The molecule has 156 valence electrons. The molecule has 2 aromatic rings. The van der Waals surface area contributed by atoms with Crippen molar-refractivity contribution in [2.75, 3.05) is 26.1 Å². The Hall–Kier alpha value is -2.48. The number of hydrogen-bond acceptors (Lipinski definition) is 6. The number of hydrogen-bond donors (Lipinski definition) is 1. The van der Waals surface area contributed by atoms with Gasteiger partial charge in [0.1, 0.15) is 11.6 Å². The molecule has 0 aliphatic heterocycles. The lowest BCUT2D eigenvalue weighted by molar-refractivity contribution is -0.142. The van der Waals surface area contributed by atoms with Crippen LogP contribution >= 0.6 is 45.8 Å². The largest absolute Gasteiger partial charge is 0.493 e. The summed E-state index contributed by atoms with van der Waals surface area (Å²) in [5, 5.41) is 12.6. The van der Waals surface area contributed by atoms with E-state index in [2.05, 4.69) is 10.1 Å². The van der Waals surface area contributed by atoms with Gasteiger partial charge in [0, 0.05) is 5.69 Å². The van der Waals surface area contributed by atoms with Crippen molar-refractivity contribution < 1.29 is 23.8 Å². The molecule has 0 aromatic heterocycles. The van der Waals surface area contributed by atoms with Crippen molar-refractivity contribution in [2.24, 2.45) is 0 Å². The smallest absolute Gasteiger partial charge is 0.343 e. The van der Waals surface area contributed by atoms with Crippen LogP contribution in [0.2, 0.25) is 10.0 Å². The molecule has 30 heavy (non-hydrogen) atoms. The molecule has 2 rings (SSSR count). The van der Waals surface area contributed by atoms with E-state index in [0.29, 0.717) is 31.3 Å². The SMILES string of the molecule is COC(=O)COc1c(I)cc(/C=C(\C#N)C(=O)Nc2ccc(Cl)c(Cl)c2)cc1OC. The fourth-order valence-electron chi connectivity index (χ4n) is 2.24. The van der Waals surface area contributed by atoms with Crippen LogP contribution in [0.1, 0.15) is 5.56 Å². The van der Waals surface area contributed by atoms with Crippen molar-refractivity contribution in [3.63, 3.8) is 0 Å². The number of nitrogens with zero attached hydrogens (tertiary/aromatic N) is 1. The van der Waals surface area contributed by atoms with Crippen LogP contribution in [0.5, 0.6) is 11.5 Å². The second kappa shape index (κ2) is 11.1.